The number of carbonyl (C=O) groups is 1. The fourth-order valence-electron chi connectivity index (χ4n) is 3.11. The summed E-state index contributed by atoms with van der Waals surface area (Å²) in [6.07, 6.45) is 1.26. The second-order valence-corrected chi connectivity index (χ2v) is 8.68. The maximum absolute atomic E-state index is 13.0. The van der Waals surface area contributed by atoms with E-state index in [0.29, 0.717) is 19.6 Å². The second kappa shape index (κ2) is 9.85. The standard InChI is InChI=1S/C23H29N3O2S/c1-17-15-20-21(16-18(17)2)29-23(24-20)26(13-8-12-25(3)4)22(27)11-14-28-19-9-6-5-7-10-19/h5-7,9-10,15-16H,8,11-14H2,1-4H3/p+1. The Labute approximate surface area is 176 Å². The van der Waals surface area contributed by atoms with Crippen molar-refractivity contribution in [1.29, 1.82) is 0 Å². The average molecular weight is 413 g/mol. The zero-order valence-electron chi connectivity index (χ0n) is 17.7. The molecular formula is C23H30N3O2S+. The van der Waals surface area contributed by atoms with E-state index in [1.54, 1.807) is 11.3 Å². The Kier molecular flexibility index (Phi) is 7.23. The molecule has 0 radical (unpaired) electrons. The molecular weight excluding hydrogens is 382 g/mol. The molecule has 0 saturated heterocycles. The van der Waals surface area contributed by atoms with Gasteiger partial charge in [-0.05, 0) is 49.2 Å². The van der Waals surface area contributed by atoms with Crippen molar-refractivity contribution >= 4 is 32.6 Å². The summed E-state index contributed by atoms with van der Waals surface area (Å²) in [4.78, 5) is 21.0. The van der Waals surface area contributed by atoms with Gasteiger partial charge in [0, 0.05) is 13.0 Å². The summed E-state index contributed by atoms with van der Waals surface area (Å²) >= 11 is 1.59. The van der Waals surface area contributed by atoms with Crippen LogP contribution in [0.15, 0.2) is 42.5 Å². The maximum atomic E-state index is 13.0. The zero-order valence-corrected chi connectivity index (χ0v) is 18.5. The fraction of sp³-hybridized carbons (Fsp3) is 0.391. The largest absolute Gasteiger partial charge is 0.493 e. The van der Waals surface area contributed by atoms with Crippen LogP contribution in [-0.4, -0.2) is 44.7 Å². The van der Waals surface area contributed by atoms with Gasteiger partial charge in [-0.1, -0.05) is 29.5 Å². The summed E-state index contributed by atoms with van der Waals surface area (Å²) in [6, 6.07) is 13.9. The number of amides is 1. The van der Waals surface area contributed by atoms with Gasteiger partial charge in [-0.15, -0.1) is 0 Å². The van der Waals surface area contributed by atoms with Crippen molar-refractivity contribution in [1.82, 2.24) is 4.98 Å². The molecule has 1 N–H and O–H groups in total. The highest BCUT2D eigenvalue weighted by atomic mass is 32.1. The molecule has 154 valence electrons. The first-order chi connectivity index (χ1) is 13.9. The first-order valence-corrected chi connectivity index (χ1v) is 10.9. The smallest absolute Gasteiger partial charge is 0.232 e. The van der Waals surface area contributed by atoms with E-state index in [1.165, 1.54) is 16.0 Å². The van der Waals surface area contributed by atoms with E-state index in [2.05, 4.69) is 40.1 Å². The Hall–Kier alpha value is -2.44. The van der Waals surface area contributed by atoms with Crippen LogP contribution in [0.3, 0.4) is 0 Å². The number of rotatable bonds is 9. The van der Waals surface area contributed by atoms with Gasteiger partial charge in [-0.25, -0.2) is 4.98 Å². The van der Waals surface area contributed by atoms with E-state index >= 15 is 0 Å². The van der Waals surface area contributed by atoms with Crippen molar-refractivity contribution in [3.8, 4) is 5.75 Å². The number of carbonyl (C=O) groups excluding carboxylic acids is 1. The number of quaternary nitrogens is 1. The number of aryl methyl sites for hydroxylation is 2. The first kappa shape index (κ1) is 21.3. The Balaban J connectivity index is 1.73. The molecule has 0 spiro atoms. The molecule has 0 aliphatic heterocycles. The molecule has 0 unspecified atom stereocenters. The van der Waals surface area contributed by atoms with Crippen LogP contribution in [0.4, 0.5) is 5.13 Å². The SMILES string of the molecule is Cc1cc2nc(N(CCC[NH+](C)C)C(=O)CCOc3ccccc3)sc2cc1C. The monoisotopic (exact) mass is 412 g/mol. The summed E-state index contributed by atoms with van der Waals surface area (Å²) in [7, 11) is 4.26. The van der Waals surface area contributed by atoms with Gasteiger partial charge in [0.25, 0.3) is 0 Å². The Morgan fingerprint density at radius 3 is 2.59 bits per heavy atom. The van der Waals surface area contributed by atoms with Gasteiger partial charge in [0.05, 0.1) is 43.9 Å². The lowest BCUT2D eigenvalue weighted by Gasteiger charge is -2.20. The number of benzene rings is 2. The lowest BCUT2D eigenvalue weighted by molar-refractivity contribution is -0.858. The topological polar surface area (TPSA) is 46.9 Å². The number of anilines is 1. The Bertz CT molecular complexity index is 914. The van der Waals surface area contributed by atoms with Gasteiger partial charge in [-0.2, -0.15) is 0 Å². The summed E-state index contributed by atoms with van der Waals surface area (Å²) in [5.41, 5.74) is 3.43. The number of aromatic nitrogens is 1. The van der Waals surface area contributed by atoms with Crippen LogP contribution in [0.1, 0.15) is 24.0 Å². The number of fused-ring (bicyclic) bond motifs is 1. The number of thiazole rings is 1. The molecule has 1 amide bonds. The van der Waals surface area contributed by atoms with Crippen molar-refractivity contribution < 1.29 is 14.4 Å². The molecule has 0 saturated carbocycles. The number of ether oxygens (including phenoxy) is 1. The van der Waals surface area contributed by atoms with E-state index in [0.717, 1.165) is 34.1 Å². The van der Waals surface area contributed by atoms with Gasteiger partial charge < -0.3 is 9.64 Å². The lowest BCUT2D eigenvalue weighted by Crippen LogP contribution is -3.05. The lowest BCUT2D eigenvalue weighted by atomic mass is 10.1. The van der Waals surface area contributed by atoms with Gasteiger partial charge in [0.15, 0.2) is 5.13 Å². The van der Waals surface area contributed by atoms with E-state index in [9.17, 15) is 4.79 Å². The van der Waals surface area contributed by atoms with Gasteiger partial charge in [-0.3, -0.25) is 9.69 Å². The van der Waals surface area contributed by atoms with Crippen LogP contribution in [0, 0.1) is 13.8 Å². The normalized spacial score (nSPS) is 11.2. The number of para-hydroxylation sites is 1. The molecule has 0 atom stereocenters. The van der Waals surface area contributed by atoms with Gasteiger partial charge >= 0.3 is 0 Å². The van der Waals surface area contributed by atoms with Crippen molar-refractivity contribution in [2.75, 3.05) is 38.7 Å². The predicted octanol–water partition coefficient (Wildman–Crippen LogP) is 3.25. The summed E-state index contributed by atoms with van der Waals surface area (Å²) in [5.74, 6) is 0.844. The summed E-state index contributed by atoms with van der Waals surface area (Å²) in [6.45, 7) is 6.25. The number of nitrogens with zero attached hydrogens (tertiary/aromatic N) is 2. The third-order valence-corrected chi connectivity index (χ3v) is 5.95. The molecule has 0 bridgehead atoms. The minimum atomic E-state index is 0.0576. The number of nitrogens with one attached hydrogen (secondary N) is 1. The van der Waals surface area contributed by atoms with Gasteiger partial charge in [0.1, 0.15) is 5.75 Å². The molecule has 0 aliphatic rings. The summed E-state index contributed by atoms with van der Waals surface area (Å²) < 4.78 is 6.85. The minimum absolute atomic E-state index is 0.0576. The highest BCUT2D eigenvalue weighted by Gasteiger charge is 2.20. The van der Waals surface area contributed by atoms with Crippen LogP contribution < -0.4 is 14.5 Å². The van der Waals surface area contributed by atoms with Crippen LogP contribution in [-0.2, 0) is 4.79 Å². The van der Waals surface area contributed by atoms with E-state index < -0.39 is 0 Å². The molecule has 3 rings (SSSR count). The molecule has 6 heteroatoms. The fourth-order valence-corrected chi connectivity index (χ4v) is 4.20. The van der Waals surface area contributed by atoms with E-state index in [-0.39, 0.29) is 5.91 Å². The van der Waals surface area contributed by atoms with Crippen LogP contribution >= 0.6 is 11.3 Å². The molecule has 5 nitrogen and oxygen atoms in total. The quantitative estimate of drug-likeness (QED) is 0.587. The maximum Gasteiger partial charge on any atom is 0.232 e. The molecule has 1 aromatic heterocycles. The molecule has 3 aromatic rings. The molecule has 0 aliphatic carbocycles. The van der Waals surface area contributed by atoms with Crippen molar-refractivity contribution in [2.45, 2.75) is 26.7 Å². The molecule has 29 heavy (non-hydrogen) atoms. The second-order valence-electron chi connectivity index (χ2n) is 7.67. The number of hydrogen-bond donors (Lipinski definition) is 1. The Morgan fingerprint density at radius 2 is 1.86 bits per heavy atom. The molecule has 2 aromatic carbocycles. The van der Waals surface area contributed by atoms with E-state index in [1.807, 2.05) is 35.2 Å². The highest BCUT2D eigenvalue weighted by Crippen LogP contribution is 2.31. The molecule has 1 heterocycles. The Morgan fingerprint density at radius 1 is 1.14 bits per heavy atom. The van der Waals surface area contributed by atoms with Crippen LogP contribution in [0.25, 0.3) is 10.2 Å². The zero-order chi connectivity index (χ0) is 20.8. The van der Waals surface area contributed by atoms with Gasteiger partial charge in [0.2, 0.25) is 5.91 Å². The minimum Gasteiger partial charge on any atom is -0.493 e. The van der Waals surface area contributed by atoms with Crippen molar-refractivity contribution in [2.24, 2.45) is 0 Å². The van der Waals surface area contributed by atoms with Crippen LogP contribution in [0.5, 0.6) is 5.75 Å². The third kappa shape index (κ3) is 5.78. The van der Waals surface area contributed by atoms with Crippen LogP contribution in [0.2, 0.25) is 0 Å². The molecule has 0 fully saturated rings. The third-order valence-electron chi connectivity index (χ3n) is 4.91. The van der Waals surface area contributed by atoms with Crippen molar-refractivity contribution in [3.63, 3.8) is 0 Å². The van der Waals surface area contributed by atoms with Crippen molar-refractivity contribution in [3.05, 3.63) is 53.6 Å². The average Bonchev–Trinajstić information content (AvgIpc) is 3.08. The highest BCUT2D eigenvalue weighted by molar-refractivity contribution is 7.22. The summed E-state index contributed by atoms with van der Waals surface area (Å²) in [5, 5.41) is 0.781. The number of hydrogen-bond acceptors (Lipinski definition) is 4. The first-order valence-electron chi connectivity index (χ1n) is 10.1. The predicted molar refractivity (Wildman–Crippen MR) is 120 cm³/mol. The van der Waals surface area contributed by atoms with E-state index in [4.69, 9.17) is 9.72 Å².